The summed E-state index contributed by atoms with van der Waals surface area (Å²) in [6.07, 6.45) is -3.06. The minimum absolute atomic E-state index is 0.00418. The van der Waals surface area contributed by atoms with Gasteiger partial charge < -0.3 is 16.0 Å². The summed E-state index contributed by atoms with van der Waals surface area (Å²) in [6, 6.07) is 11.8. The quantitative estimate of drug-likeness (QED) is 0.512. The lowest BCUT2D eigenvalue weighted by molar-refractivity contribution is -0.137. The molecule has 10 heteroatoms. The molecule has 0 unspecified atom stereocenters. The minimum Gasteiger partial charge on any atom is -0.369 e. The summed E-state index contributed by atoms with van der Waals surface area (Å²) in [5.41, 5.74) is 6.62. The average Bonchev–Trinajstić information content (AvgIpc) is 2.73. The van der Waals surface area contributed by atoms with E-state index in [4.69, 9.17) is 5.73 Å². The normalized spacial score (nSPS) is 11.3. The van der Waals surface area contributed by atoms with Gasteiger partial charge in [0.15, 0.2) is 11.6 Å². The van der Waals surface area contributed by atoms with E-state index in [0.717, 1.165) is 23.3 Å². The first-order chi connectivity index (χ1) is 15.1. The monoisotopic (exact) mass is 447 g/mol. The third-order valence-corrected chi connectivity index (χ3v) is 4.69. The van der Waals surface area contributed by atoms with Crippen LogP contribution in [0.15, 0.2) is 54.9 Å². The average molecular weight is 447 g/mol. The largest absolute Gasteiger partial charge is 0.416 e. The van der Waals surface area contributed by atoms with Gasteiger partial charge in [-0.25, -0.2) is 9.97 Å². The van der Waals surface area contributed by atoms with Gasteiger partial charge in [0.05, 0.1) is 12.0 Å². The van der Waals surface area contributed by atoms with Crippen molar-refractivity contribution >= 4 is 17.5 Å². The van der Waals surface area contributed by atoms with E-state index in [1.165, 1.54) is 23.4 Å². The fourth-order valence-corrected chi connectivity index (χ4v) is 3.06. The zero-order valence-electron chi connectivity index (χ0n) is 17.2. The molecular weight excluding hydrogens is 426 g/mol. The molecule has 0 radical (unpaired) electrons. The highest BCUT2D eigenvalue weighted by Gasteiger charge is 2.30. The van der Waals surface area contributed by atoms with E-state index in [1.54, 1.807) is 31.3 Å². The molecule has 0 aliphatic carbocycles. The fraction of sp³-hybridized carbons (Fsp3) is 0.227. The molecule has 0 saturated carbocycles. The summed E-state index contributed by atoms with van der Waals surface area (Å²) >= 11 is 0. The predicted octanol–water partition coefficient (Wildman–Crippen LogP) is 3.91. The van der Waals surface area contributed by atoms with Crippen molar-refractivity contribution in [3.8, 4) is 0 Å². The number of halogens is 4. The Hall–Kier alpha value is -3.69. The highest BCUT2D eigenvalue weighted by molar-refractivity contribution is 5.76. The number of hydrogen-bond acceptors (Lipinski definition) is 5. The lowest BCUT2D eigenvalue weighted by Gasteiger charge is -2.20. The standard InChI is InChI=1S/C22H21F4N5O/c1-31(12-16-6-8-17(9-7-16)22(24,25)26)21-19(23)20(29-13-30-21)28-11-15-4-2-14(3-5-15)10-18(27)32/h2-9,13H,10-12H2,1H3,(H2,27,32)(H,28,29,30). The van der Waals surface area contributed by atoms with Gasteiger partial charge in [0, 0.05) is 20.1 Å². The Labute approximate surface area is 182 Å². The molecule has 0 atom stereocenters. The Kier molecular flexibility index (Phi) is 6.92. The van der Waals surface area contributed by atoms with Crippen LogP contribution in [0.1, 0.15) is 22.3 Å². The first-order valence-electron chi connectivity index (χ1n) is 9.61. The topological polar surface area (TPSA) is 84.1 Å². The Morgan fingerprint density at radius 3 is 2.19 bits per heavy atom. The summed E-state index contributed by atoms with van der Waals surface area (Å²) < 4.78 is 53.0. The van der Waals surface area contributed by atoms with Crippen LogP contribution in [0.25, 0.3) is 0 Å². The van der Waals surface area contributed by atoms with Crippen LogP contribution in [0, 0.1) is 5.82 Å². The summed E-state index contributed by atoms with van der Waals surface area (Å²) in [5, 5.41) is 2.90. The lowest BCUT2D eigenvalue weighted by Crippen LogP contribution is -2.20. The zero-order valence-corrected chi connectivity index (χ0v) is 17.2. The number of rotatable bonds is 8. The highest BCUT2D eigenvalue weighted by atomic mass is 19.4. The molecule has 0 fully saturated rings. The van der Waals surface area contributed by atoms with E-state index in [2.05, 4.69) is 15.3 Å². The molecule has 1 amide bonds. The maximum atomic E-state index is 14.9. The number of nitrogens with one attached hydrogen (secondary N) is 1. The molecule has 0 aliphatic heterocycles. The number of carbonyl (C=O) groups excluding carboxylic acids is 1. The second-order valence-electron chi connectivity index (χ2n) is 7.22. The highest BCUT2D eigenvalue weighted by Crippen LogP contribution is 2.29. The second kappa shape index (κ2) is 9.63. The van der Waals surface area contributed by atoms with Gasteiger partial charge in [0.2, 0.25) is 11.7 Å². The Bertz CT molecular complexity index is 1070. The summed E-state index contributed by atoms with van der Waals surface area (Å²) in [5.74, 6) is -1.09. The number of aromatic nitrogens is 2. The van der Waals surface area contributed by atoms with Gasteiger partial charge in [0.25, 0.3) is 0 Å². The molecule has 2 aromatic carbocycles. The van der Waals surface area contributed by atoms with E-state index in [9.17, 15) is 22.4 Å². The second-order valence-corrected chi connectivity index (χ2v) is 7.22. The zero-order chi connectivity index (χ0) is 23.3. The van der Waals surface area contributed by atoms with Crippen LogP contribution in [-0.2, 0) is 30.5 Å². The summed E-state index contributed by atoms with van der Waals surface area (Å²) in [6.45, 7) is 0.444. The third kappa shape index (κ3) is 5.93. The van der Waals surface area contributed by atoms with Crippen LogP contribution in [0.2, 0.25) is 0 Å². The lowest BCUT2D eigenvalue weighted by atomic mass is 10.1. The smallest absolute Gasteiger partial charge is 0.369 e. The van der Waals surface area contributed by atoms with Gasteiger partial charge in [-0.3, -0.25) is 4.79 Å². The maximum absolute atomic E-state index is 14.9. The Morgan fingerprint density at radius 2 is 1.59 bits per heavy atom. The molecule has 3 aromatic rings. The molecule has 168 valence electrons. The first kappa shape index (κ1) is 23.0. The number of hydrogen-bond donors (Lipinski definition) is 2. The molecule has 0 bridgehead atoms. The van der Waals surface area contributed by atoms with Crippen LogP contribution in [-0.4, -0.2) is 22.9 Å². The van der Waals surface area contributed by atoms with Crippen LogP contribution in [0.4, 0.5) is 29.2 Å². The SMILES string of the molecule is CN(Cc1ccc(C(F)(F)F)cc1)c1ncnc(NCc2ccc(CC(N)=O)cc2)c1F. The third-order valence-electron chi connectivity index (χ3n) is 4.69. The van der Waals surface area contributed by atoms with Crippen molar-refractivity contribution in [2.45, 2.75) is 25.7 Å². The number of benzene rings is 2. The molecule has 0 saturated heterocycles. The number of anilines is 2. The van der Waals surface area contributed by atoms with E-state index in [0.29, 0.717) is 5.56 Å². The van der Waals surface area contributed by atoms with Crippen LogP contribution >= 0.6 is 0 Å². The van der Waals surface area contributed by atoms with Gasteiger partial charge in [-0.2, -0.15) is 17.6 Å². The first-order valence-corrected chi connectivity index (χ1v) is 9.61. The Morgan fingerprint density at radius 1 is 1.00 bits per heavy atom. The number of nitrogens with zero attached hydrogens (tertiary/aromatic N) is 3. The molecule has 32 heavy (non-hydrogen) atoms. The van der Waals surface area contributed by atoms with Crippen molar-refractivity contribution in [1.82, 2.24) is 9.97 Å². The van der Waals surface area contributed by atoms with Crippen molar-refractivity contribution < 1.29 is 22.4 Å². The van der Waals surface area contributed by atoms with E-state index >= 15 is 0 Å². The number of primary amides is 1. The van der Waals surface area contributed by atoms with Gasteiger partial charge in [0.1, 0.15) is 6.33 Å². The van der Waals surface area contributed by atoms with Gasteiger partial charge in [-0.05, 0) is 28.8 Å². The summed E-state index contributed by atoms with van der Waals surface area (Å²) in [7, 11) is 1.59. The van der Waals surface area contributed by atoms with E-state index in [-0.39, 0.29) is 31.1 Å². The van der Waals surface area contributed by atoms with Crippen molar-refractivity contribution in [2.75, 3.05) is 17.3 Å². The maximum Gasteiger partial charge on any atom is 0.416 e. The fourth-order valence-electron chi connectivity index (χ4n) is 3.06. The molecular formula is C22H21F4N5O. The van der Waals surface area contributed by atoms with Crippen molar-refractivity contribution in [3.63, 3.8) is 0 Å². The molecule has 1 heterocycles. The molecule has 3 rings (SSSR count). The van der Waals surface area contributed by atoms with Gasteiger partial charge in [-0.15, -0.1) is 0 Å². The van der Waals surface area contributed by atoms with Crippen molar-refractivity contribution in [3.05, 3.63) is 82.9 Å². The van der Waals surface area contributed by atoms with Crippen LogP contribution in [0.5, 0.6) is 0 Å². The van der Waals surface area contributed by atoms with Crippen LogP contribution in [0.3, 0.4) is 0 Å². The molecule has 0 spiro atoms. The number of amides is 1. The molecule has 1 aromatic heterocycles. The van der Waals surface area contributed by atoms with Crippen molar-refractivity contribution in [2.24, 2.45) is 5.73 Å². The van der Waals surface area contributed by atoms with Gasteiger partial charge in [-0.1, -0.05) is 36.4 Å². The van der Waals surface area contributed by atoms with E-state index < -0.39 is 23.5 Å². The summed E-state index contributed by atoms with van der Waals surface area (Å²) in [4.78, 5) is 20.3. The van der Waals surface area contributed by atoms with Crippen molar-refractivity contribution in [1.29, 1.82) is 0 Å². The number of nitrogens with two attached hydrogens (primary N) is 1. The molecule has 3 N–H and O–H groups in total. The Balaban J connectivity index is 1.66. The predicted molar refractivity (Wildman–Crippen MR) is 112 cm³/mol. The minimum atomic E-state index is -4.41. The number of carbonyl (C=O) groups is 1. The van der Waals surface area contributed by atoms with Gasteiger partial charge >= 0.3 is 6.18 Å². The molecule has 0 aliphatic rings. The van der Waals surface area contributed by atoms with Crippen LogP contribution < -0.4 is 16.0 Å². The number of alkyl halides is 3. The van der Waals surface area contributed by atoms with E-state index in [1.807, 2.05) is 0 Å². The molecule has 6 nitrogen and oxygen atoms in total.